The Morgan fingerprint density at radius 2 is 1.89 bits per heavy atom. The van der Waals surface area contributed by atoms with Crippen LogP contribution in [0.15, 0.2) is 53.7 Å². The van der Waals surface area contributed by atoms with Crippen LogP contribution >= 0.6 is 0 Å². The van der Waals surface area contributed by atoms with E-state index >= 15 is 0 Å². The number of aryl methyl sites for hydroxylation is 1. The van der Waals surface area contributed by atoms with Crippen LogP contribution in [-0.4, -0.2) is 36.0 Å². The van der Waals surface area contributed by atoms with E-state index in [1.54, 1.807) is 7.05 Å². The summed E-state index contributed by atoms with van der Waals surface area (Å²) in [7, 11) is 1.59. The third-order valence-corrected chi connectivity index (χ3v) is 4.69. The van der Waals surface area contributed by atoms with E-state index in [9.17, 15) is 9.59 Å². The molecule has 0 fully saturated rings. The van der Waals surface area contributed by atoms with Gasteiger partial charge in [0.05, 0.1) is 6.54 Å². The number of carbonyl (C=O) groups excluding carboxylic acids is 2. The molecule has 0 bridgehead atoms. The van der Waals surface area contributed by atoms with Crippen LogP contribution in [0.25, 0.3) is 0 Å². The highest BCUT2D eigenvalue weighted by atomic mass is 16.6. The summed E-state index contributed by atoms with van der Waals surface area (Å²) in [4.78, 5) is 31.6. The Hall–Kier alpha value is -3.15. The topological polar surface area (TPSA) is 71.0 Å². The number of benzene rings is 2. The fourth-order valence-electron chi connectivity index (χ4n) is 2.93. The molecular formula is C21H23N3O3. The van der Waals surface area contributed by atoms with Gasteiger partial charge in [-0.1, -0.05) is 47.6 Å². The Labute approximate surface area is 158 Å². The molecule has 1 heterocycles. The van der Waals surface area contributed by atoms with Gasteiger partial charge in [0.15, 0.2) is 6.10 Å². The number of amides is 2. The Balaban J connectivity index is 1.56. The number of nitrogens with one attached hydrogen (secondary N) is 1. The van der Waals surface area contributed by atoms with Gasteiger partial charge in [0, 0.05) is 19.2 Å². The first-order chi connectivity index (χ1) is 13.0. The van der Waals surface area contributed by atoms with E-state index in [-0.39, 0.29) is 24.5 Å². The summed E-state index contributed by atoms with van der Waals surface area (Å²) in [5.74, 6) is -0.553. The molecule has 0 radical (unpaired) electrons. The lowest BCUT2D eigenvalue weighted by Gasteiger charge is -2.17. The minimum atomic E-state index is -0.301. The van der Waals surface area contributed by atoms with Gasteiger partial charge in [-0.3, -0.25) is 9.59 Å². The smallest absolute Gasteiger partial charge is 0.272 e. The molecule has 0 aliphatic carbocycles. The molecule has 6 nitrogen and oxygen atoms in total. The third kappa shape index (κ3) is 4.34. The number of oxime groups is 1. The SMILES string of the molecule is Cc1cccc(NC(=O)CN(C)C(=O)C2=NOC(c3ccccc3)C2)c1C. The van der Waals surface area contributed by atoms with Crippen LogP contribution in [0.3, 0.4) is 0 Å². The molecular weight excluding hydrogens is 342 g/mol. The quantitative estimate of drug-likeness (QED) is 0.884. The molecule has 2 aromatic rings. The number of carbonyl (C=O) groups is 2. The van der Waals surface area contributed by atoms with Gasteiger partial charge in [0.2, 0.25) is 5.91 Å². The highest BCUT2D eigenvalue weighted by Gasteiger charge is 2.29. The molecule has 0 spiro atoms. The Bertz CT molecular complexity index is 877. The third-order valence-electron chi connectivity index (χ3n) is 4.69. The zero-order valence-electron chi connectivity index (χ0n) is 15.7. The van der Waals surface area contributed by atoms with E-state index in [1.807, 2.05) is 62.4 Å². The van der Waals surface area contributed by atoms with Gasteiger partial charge in [-0.2, -0.15) is 0 Å². The molecule has 1 N–H and O–H groups in total. The van der Waals surface area contributed by atoms with Gasteiger partial charge in [-0.25, -0.2) is 0 Å². The maximum Gasteiger partial charge on any atom is 0.272 e. The van der Waals surface area contributed by atoms with Crippen LogP contribution in [0.2, 0.25) is 0 Å². The maximum absolute atomic E-state index is 12.6. The van der Waals surface area contributed by atoms with Crippen molar-refractivity contribution in [1.82, 2.24) is 4.90 Å². The monoisotopic (exact) mass is 365 g/mol. The highest BCUT2D eigenvalue weighted by molar-refractivity contribution is 6.39. The summed E-state index contributed by atoms with van der Waals surface area (Å²) in [6, 6.07) is 15.4. The average Bonchev–Trinajstić information content (AvgIpc) is 3.15. The Morgan fingerprint density at radius 1 is 1.15 bits per heavy atom. The summed E-state index contributed by atoms with van der Waals surface area (Å²) >= 11 is 0. The van der Waals surface area contributed by atoms with Gasteiger partial charge in [0.1, 0.15) is 5.71 Å². The number of rotatable bonds is 5. The molecule has 1 aliphatic heterocycles. The second kappa shape index (κ2) is 8.03. The predicted octanol–water partition coefficient (Wildman–Crippen LogP) is 3.22. The van der Waals surface area contributed by atoms with Crippen molar-refractivity contribution in [3.05, 3.63) is 65.2 Å². The average molecular weight is 365 g/mol. The van der Waals surface area contributed by atoms with Crippen molar-refractivity contribution < 1.29 is 14.4 Å². The van der Waals surface area contributed by atoms with E-state index in [2.05, 4.69) is 10.5 Å². The number of anilines is 1. The van der Waals surface area contributed by atoms with E-state index < -0.39 is 0 Å². The molecule has 1 aliphatic rings. The second-order valence-electron chi connectivity index (χ2n) is 6.70. The molecule has 3 rings (SSSR count). The van der Waals surface area contributed by atoms with Crippen LogP contribution in [-0.2, 0) is 14.4 Å². The largest absolute Gasteiger partial charge is 0.387 e. The Morgan fingerprint density at radius 3 is 2.63 bits per heavy atom. The zero-order valence-corrected chi connectivity index (χ0v) is 15.7. The van der Waals surface area contributed by atoms with E-state index in [0.29, 0.717) is 12.1 Å². The predicted molar refractivity (Wildman–Crippen MR) is 105 cm³/mol. The molecule has 140 valence electrons. The van der Waals surface area contributed by atoms with Crippen molar-refractivity contribution in [3.63, 3.8) is 0 Å². The normalized spacial score (nSPS) is 15.7. The van der Waals surface area contributed by atoms with Crippen molar-refractivity contribution in [2.24, 2.45) is 5.16 Å². The minimum Gasteiger partial charge on any atom is -0.387 e. The highest BCUT2D eigenvalue weighted by Crippen LogP contribution is 2.27. The molecule has 2 amide bonds. The summed E-state index contributed by atoms with van der Waals surface area (Å²) in [6.07, 6.45) is 0.133. The minimum absolute atomic E-state index is 0.0543. The van der Waals surface area contributed by atoms with Crippen LogP contribution in [0.1, 0.15) is 29.2 Å². The van der Waals surface area contributed by atoms with Gasteiger partial charge < -0.3 is 15.1 Å². The fourth-order valence-corrected chi connectivity index (χ4v) is 2.93. The van der Waals surface area contributed by atoms with Crippen molar-refractivity contribution in [1.29, 1.82) is 0 Å². The standard InChI is InChI=1S/C21H23N3O3/c1-14-8-7-11-17(15(14)2)22-20(25)13-24(3)21(26)18-12-19(27-23-18)16-9-5-4-6-10-16/h4-11,19H,12-13H2,1-3H3,(H,22,25). The van der Waals surface area contributed by atoms with Crippen molar-refractivity contribution in [3.8, 4) is 0 Å². The van der Waals surface area contributed by atoms with Crippen molar-refractivity contribution in [2.75, 3.05) is 18.9 Å². The molecule has 0 saturated heterocycles. The Kier molecular flexibility index (Phi) is 5.54. The first kappa shape index (κ1) is 18.6. The van der Waals surface area contributed by atoms with Gasteiger partial charge >= 0.3 is 0 Å². The lowest BCUT2D eigenvalue weighted by atomic mass is 10.0. The summed E-state index contributed by atoms with van der Waals surface area (Å²) < 4.78 is 0. The molecule has 1 atom stereocenters. The van der Waals surface area contributed by atoms with Crippen molar-refractivity contribution >= 4 is 23.2 Å². The van der Waals surface area contributed by atoms with Crippen LogP contribution < -0.4 is 5.32 Å². The zero-order chi connectivity index (χ0) is 19.4. The molecule has 0 aromatic heterocycles. The summed E-state index contributed by atoms with van der Waals surface area (Å²) in [5.41, 5.74) is 4.16. The summed E-state index contributed by atoms with van der Waals surface area (Å²) in [6.45, 7) is 3.89. The number of nitrogens with zero attached hydrogens (tertiary/aromatic N) is 2. The van der Waals surface area contributed by atoms with Gasteiger partial charge in [-0.05, 0) is 36.6 Å². The second-order valence-corrected chi connectivity index (χ2v) is 6.70. The van der Waals surface area contributed by atoms with Gasteiger partial charge in [0.25, 0.3) is 5.91 Å². The lowest BCUT2D eigenvalue weighted by Crippen LogP contribution is -2.38. The first-order valence-corrected chi connectivity index (χ1v) is 8.85. The lowest BCUT2D eigenvalue weighted by molar-refractivity contribution is -0.127. The fraction of sp³-hybridized carbons (Fsp3) is 0.286. The van der Waals surface area contributed by atoms with Crippen LogP contribution in [0.4, 0.5) is 5.69 Å². The van der Waals surface area contributed by atoms with E-state index in [0.717, 1.165) is 22.4 Å². The van der Waals surface area contributed by atoms with Crippen LogP contribution in [0, 0.1) is 13.8 Å². The number of hydrogen-bond donors (Lipinski definition) is 1. The molecule has 0 saturated carbocycles. The van der Waals surface area contributed by atoms with E-state index in [1.165, 1.54) is 4.90 Å². The summed E-state index contributed by atoms with van der Waals surface area (Å²) in [5, 5.41) is 6.78. The molecule has 2 aromatic carbocycles. The van der Waals surface area contributed by atoms with Crippen LogP contribution in [0.5, 0.6) is 0 Å². The van der Waals surface area contributed by atoms with E-state index in [4.69, 9.17) is 4.84 Å². The first-order valence-electron chi connectivity index (χ1n) is 8.85. The number of hydrogen-bond acceptors (Lipinski definition) is 4. The van der Waals surface area contributed by atoms with Gasteiger partial charge in [-0.15, -0.1) is 0 Å². The molecule has 1 unspecified atom stereocenters. The molecule has 27 heavy (non-hydrogen) atoms. The molecule has 6 heteroatoms. The number of likely N-dealkylation sites (N-methyl/N-ethyl adjacent to an activating group) is 1. The van der Waals surface area contributed by atoms with Crippen molar-refractivity contribution in [2.45, 2.75) is 26.4 Å². The maximum atomic E-state index is 12.6.